The molecule has 1 heterocycles. The van der Waals surface area contributed by atoms with Crippen LogP contribution in [0.5, 0.6) is 0 Å². The molecule has 2 unspecified atom stereocenters. The molecule has 0 aliphatic heterocycles. The van der Waals surface area contributed by atoms with Gasteiger partial charge in [0, 0.05) is 32.1 Å². The molecule has 86 valence electrons. The number of aromatic nitrogens is 2. The molecule has 0 aromatic carbocycles. The van der Waals surface area contributed by atoms with Crippen LogP contribution in [0.25, 0.3) is 0 Å². The Morgan fingerprint density at radius 3 is 2.80 bits per heavy atom. The summed E-state index contributed by atoms with van der Waals surface area (Å²) in [4.78, 5) is 0. The van der Waals surface area contributed by atoms with Crippen LogP contribution < -0.4 is 5.32 Å². The summed E-state index contributed by atoms with van der Waals surface area (Å²) >= 11 is 0. The van der Waals surface area contributed by atoms with E-state index in [0.717, 1.165) is 12.8 Å². The summed E-state index contributed by atoms with van der Waals surface area (Å²) in [5.74, 6) is 0. The molecule has 0 saturated heterocycles. The Morgan fingerprint density at radius 1 is 1.60 bits per heavy atom. The number of hydrogen-bond donors (Lipinski definition) is 1. The predicted molar refractivity (Wildman–Crippen MR) is 60.8 cm³/mol. The van der Waals surface area contributed by atoms with Gasteiger partial charge in [-0.3, -0.25) is 4.68 Å². The predicted octanol–water partition coefficient (Wildman–Crippen LogP) is 0.976. The molecule has 0 amide bonds. The summed E-state index contributed by atoms with van der Waals surface area (Å²) in [5.41, 5.74) is 1.26. The Morgan fingerprint density at radius 2 is 2.33 bits per heavy atom. The van der Waals surface area contributed by atoms with E-state index in [2.05, 4.69) is 23.4 Å². The second-order valence-electron chi connectivity index (χ2n) is 3.82. The summed E-state index contributed by atoms with van der Waals surface area (Å²) in [5, 5.41) is 7.43. The first-order valence-corrected chi connectivity index (χ1v) is 5.36. The van der Waals surface area contributed by atoms with Gasteiger partial charge in [0.05, 0.1) is 6.10 Å². The van der Waals surface area contributed by atoms with Crippen LogP contribution in [0.3, 0.4) is 0 Å². The van der Waals surface area contributed by atoms with Crippen molar-refractivity contribution in [2.45, 2.75) is 31.9 Å². The quantitative estimate of drug-likeness (QED) is 0.762. The van der Waals surface area contributed by atoms with Gasteiger partial charge in [-0.1, -0.05) is 0 Å². The van der Waals surface area contributed by atoms with Gasteiger partial charge in [-0.15, -0.1) is 0 Å². The lowest BCUT2D eigenvalue weighted by molar-refractivity contribution is 0.0827. The fraction of sp³-hybridized carbons (Fsp3) is 0.727. The molecule has 1 aromatic heterocycles. The van der Waals surface area contributed by atoms with E-state index in [0.29, 0.717) is 6.04 Å². The van der Waals surface area contributed by atoms with Gasteiger partial charge in [0.15, 0.2) is 0 Å². The molecule has 0 spiro atoms. The van der Waals surface area contributed by atoms with Crippen LogP contribution >= 0.6 is 0 Å². The van der Waals surface area contributed by atoms with E-state index in [9.17, 15) is 0 Å². The average Bonchev–Trinajstić information content (AvgIpc) is 2.65. The maximum absolute atomic E-state index is 5.32. The van der Waals surface area contributed by atoms with Crippen LogP contribution in [0, 0.1) is 0 Å². The molecule has 4 nitrogen and oxygen atoms in total. The summed E-state index contributed by atoms with van der Waals surface area (Å²) in [6.45, 7) is 2.09. The normalized spacial score (nSPS) is 15.2. The second-order valence-corrected chi connectivity index (χ2v) is 3.82. The molecule has 0 radical (unpaired) electrons. The van der Waals surface area contributed by atoms with Crippen LogP contribution in [0.4, 0.5) is 0 Å². The number of nitrogens with one attached hydrogen (secondary N) is 1. The van der Waals surface area contributed by atoms with Gasteiger partial charge in [-0.05, 0) is 32.9 Å². The maximum atomic E-state index is 5.32. The van der Waals surface area contributed by atoms with Crippen LogP contribution in [0.2, 0.25) is 0 Å². The maximum Gasteiger partial charge on any atom is 0.0696 e. The largest absolute Gasteiger partial charge is 0.380 e. The number of aryl methyl sites for hydroxylation is 2. The molecular weight excluding hydrogens is 190 g/mol. The van der Waals surface area contributed by atoms with Crippen LogP contribution in [0.15, 0.2) is 12.3 Å². The summed E-state index contributed by atoms with van der Waals surface area (Å²) in [6, 6.07) is 2.45. The van der Waals surface area contributed by atoms with Crippen molar-refractivity contribution in [1.82, 2.24) is 15.1 Å². The average molecular weight is 211 g/mol. The van der Waals surface area contributed by atoms with Crippen molar-refractivity contribution in [2.24, 2.45) is 7.05 Å². The molecular formula is C11H21N3O. The van der Waals surface area contributed by atoms with Crippen molar-refractivity contribution in [1.29, 1.82) is 0 Å². The van der Waals surface area contributed by atoms with Crippen molar-refractivity contribution < 1.29 is 4.74 Å². The Kier molecular flexibility index (Phi) is 4.78. The number of nitrogens with zero attached hydrogens (tertiary/aromatic N) is 2. The van der Waals surface area contributed by atoms with E-state index in [-0.39, 0.29) is 6.10 Å². The van der Waals surface area contributed by atoms with Gasteiger partial charge >= 0.3 is 0 Å². The highest BCUT2D eigenvalue weighted by molar-refractivity contribution is 5.00. The fourth-order valence-electron chi connectivity index (χ4n) is 1.73. The molecule has 0 aliphatic carbocycles. The topological polar surface area (TPSA) is 39.1 Å². The van der Waals surface area contributed by atoms with Crippen molar-refractivity contribution in [3.8, 4) is 0 Å². The first-order chi connectivity index (χ1) is 7.19. The van der Waals surface area contributed by atoms with E-state index >= 15 is 0 Å². The Balaban J connectivity index is 2.44. The zero-order valence-electron chi connectivity index (χ0n) is 10.0. The smallest absolute Gasteiger partial charge is 0.0696 e. The molecule has 1 N–H and O–H groups in total. The van der Waals surface area contributed by atoms with E-state index in [1.165, 1.54) is 5.69 Å². The lowest BCUT2D eigenvalue weighted by atomic mass is 10.1. The fourth-order valence-corrected chi connectivity index (χ4v) is 1.73. The lowest BCUT2D eigenvalue weighted by Gasteiger charge is -2.22. The minimum atomic E-state index is 0.239. The first-order valence-electron chi connectivity index (χ1n) is 5.36. The molecule has 0 saturated carbocycles. The zero-order chi connectivity index (χ0) is 11.3. The molecule has 1 rings (SSSR count). The third-order valence-electron chi connectivity index (χ3n) is 2.94. The summed E-state index contributed by atoms with van der Waals surface area (Å²) in [6.07, 6.45) is 4.16. The zero-order valence-corrected chi connectivity index (χ0v) is 10.0. The minimum Gasteiger partial charge on any atom is -0.380 e. The number of likely N-dealkylation sites (N-methyl/N-ethyl adjacent to an activating group) is 1. The summed E-state index contributed by atoms with van der Waals surface area (Å²) < 4.78 is 7.24. The number of methoxy groups -OCH3 is 1. The van der Waals surface area contributed by atoms with Crippen molar-refractivity contribution in [2.75, 3.05) is 14.2 Å². The van der Waals surface area contributed by atoms with Crippen molar-refractivity contribution >= 4 is 0 Å². The SMILES string of the molecule is CNC(CCc1ccnn1C)C(C)OC. The molecule has 0 fully saturated rings. The van der Waals surface area contributed by atoms with Gasteiger partial charge in [0.2, 0.25) is 0 Å². The second kappa shape index (κ2) is 5.88. The number of ether oxygens (including phenoxy) is 1. The third kappa shape index (κ3) is 3.32. The van der Waals surface area contributed by atoms with Gasteiger partial charge < -0.3 is 10.1 Å². The number of hydrogen-bond acceptors (Lipinski definition) is 3. The van der Waals surface area contributed by atoms with E-state index in [1.54, 1.807) is 7.11 Å². The minimum absolute atomic E-state index is 0.239. The molecule has 1 aromatic rings. The van der Waals surface area contributed by atoms with Crippen LogP contribution in [0.1, 0.15) is 19.0 Å². The molecule has 4 heteroatoms. The van der Waals surface area contributed by atoms with E-state index in [1.807, 2.05) is 25.0 Å². The Hall–Kier alpha value is -0.870. The van der Waals surface area contributed by atoms with Gasteiger partial charge in [-0.25, -0.2) is 0 Å². The molecule has 15 heavy (non-hydrogen) atoms. The Bertz CT molecular complexity index is 285. The van der Waals surface area contributed by atoms with Crippen LogP contribution in [-0.2, 0) is 18.2 Å². The first kappa shape index (κ1) is 12.2. The number of rotatable bonds is 6. The monoisotopic (exact) mass is 211 g/mol. The van der Waals surface area contributed by atoms with Gasteiger partial charge in [0.25, 0.3) is 0 Å². The lowest BCUT2D eigenvalue weighted by Crippen LogP contribution is -2.37. The van der Waals surface area contributed by atoms with Crippen molar-refractivity contribution in [3.63, 3.8) is 0 Å². The van der Waals surface area contributed by atoms with E-state index in [4.69, 9.17) is 4.74 Å². The highest BCUT2D eigenvalue weighted by atomic mass is 16.5. The molecule has 0 aliphatic rings. The highest BCUT2D eigenvalue weighted by Gasteiger charge is 2.14. The van der Waals surface area contributed by atoms with Crippen LogP contribution in [-0.4, -0.2) is 36.1 Å². The third-order valence-corrected chi connectivity index (χ3v) is 2.94. The highest BCUT2D eigenvalue weighted by Crippen LogP contribution is 2.08. The molecule has 2 atom stereocenters. The van der Waals surface area contributed by atoms with Gasteiger partial charge in [0.1, 0.15) is 0 Å². The Labute approximate surface area is 91.6 Å². The van der Waals surface area contributed by atoms with Crippen molar-refractivity contribution in [3.05, 3.63) is 18.0 Å². The summed E-state index contributed by atoms with van der Waals surface area (Å²) in [7, 11) is 5.70. The van der Waals surface area contributed by atoms with Gasteiger partial charge in [-0.2, -0.15) is 5.10 Å². The standard InChI is InChI=1S/C11H21N3O/c1-9(15-4)11(12-2)6-5-10-7-8-13-14(10)3/h7-9,11-12H,5-6H2,1-4H3. The molecule has 0 bridgehead atoms. The van der Waals surface area contributed by atoms with E-state index < -0.39 is 0 Å².